The number of hydrogen-bond acceptors (Lipinski definition) is 8. The number of aliphatic hydroxyl groups excluding tert-OH is 1. The van der Waals surface area contributed by atoms with Crippen molar-refractivity contribution in [1.29, 1.82) is 0 Å². The van der Waals surface area contributed by atoms with Gasteiger partial charge < -0.3 is 19.3 Å². The number of carbonyl (C=O) groups excluding carboxylic acids is 1. The number of aliphatic hydroxyl groups is 1. The van der Waals surface area contributed by atoms with Gasteiger partial charge in [-0.3, -0.25) is 10.2 Å². The summed E-state index contributed by atoms with van der Waals surface area (Å²) >= 11 is 0. The van der Waals surface area contributed by atoms with Crippen LogP contribution in [0.2, 0.25) is 0 Å². The molecule has 0 saturated carbocycles. The van der Waals surface area contributed by atoms with E-state index in [-0.39, 0.29) is 25.5 Å². The molecule has 0 spiro atoms. The maximum atomic E-state index is 13.9. The van der Waals surface area contributed by atoms with Crippen LogP contribution in [-0.2, 0) is 28.9 Å². The smallest absolute Gasteiger partial charge is 0.266 e. The van der Waals surface area contributed by atoms with E-state index in [1.54, 1.807) is 19.2 Å². The van der Waals surface area contributed by atoms with Gasteiger partial charge in [0.25, 0.3) is 5.91 Å². The number of azide groups is 1. The first kappa shape index (κ1) is 30.4. The Bertz CT molecular complexity index is 1420. The Kier molecular flexibility index (Phi) is 10.8. The largest absolute Gasteiger partial charge is 0.497 e. The van der Waals surface area contributed by atoms with E-state index in [9.17, 15) is 4.79 Å². The van der Waals surface area contributed by atoms with E-state index >= 15 is 0 Å². The highest BCUT2D eigenvalue weighted by atomic mass is 16.5. The number of carbonyl (C=O) groups is 1. The van der Waals surface area contributed by atoms with E-state index in [2.05, 4.69) is 20.9 Å². The van der Waals surface area contributed by atoms with Crippen molar-refractivity contribution in [3.63, 3.8) is 0 Å². The number of rotatable bonds is 15. The van der Waals surface area contributed by atoms with Crippen molar-refractivity contribution in [2.45, 2.75) is 44.4 Å². The second kappa shape index (κ2) is 14.9. The minimum absolute atomic E-state index is 0.0621. The highest BCUT2D eigenvalue weighted by Gasteiger charge is 2.50. The van der Waals surface area contributed by atoms with Crippen LogP contribution in [0.5, 0.6) is 11.5 Å². The fourth-order valence-corrected chi connectivity index (χ4v) is 4.71. The molecule has 42 heavy (non-hydrogen) atoms. The minimum Gasteiger partial charge on any atom is -0.497 e. The van der Waals surface area contributed by atoms with Gasteiger partial charge >= 0.3 is 0 Å². The lowest BCUT2D eigenvalue weighted by Crippen LogP contribution is -2.56. The Morgan fingerprint density at radius 3 is 2.64 bits per heavy atom. The van der Waals surface area contributed by atoms with Gasteiger partial charge in [-0.25, -0.2) is 10.4 Å². The molecule has 3 aromatic carbocycles. The van der Waals surface area contributed by atoms with Crippen LogP contribution in [0.4, 0.5) is 0 Å². The lowest BCUT2D eigenvalue weighted by atomic mass is 9.84. The Morgan fingerprint density at radius 1 is 1.12 bits per heavy atom. The lowest BCUT2D eigenvalue weighted by molar-refractivity contribution is -0.129. The molecule has 4 rings (SSSR count). The summed E-state index contributed by atoms with van der Waals surface area (Å²) in [5.41, 5.74) is 16.9. The van der Waals surface area contributed by atoms with Crippen molar-refractivity contribution in [3.8, 4) is 11.5 Å². The second-order valence-electron chi connectivity index (χ2n) is 9.87. The van der Waals surface area contributed by atoms with Crippen LogP contribution in [0.25, 0.3) is 10.4 Å². The molecule has 11 nitrogen and oxygen atoms in total. The van der Waals surface area contributed by atoms with Gasteiger partial charge in [-0.1, -0.05) is 41.5 Å². The number of aliphatic imine (C=N–C) groups is 1. The number of amides is 1. The molecule has 0 saturated heterocycles. The van der Waals surface area contributed by atoms with Crippen molar-refractivity contribution in [2.75, 3.05) is 26.9 Å². The van der Waals surface area contributed by atoms with Crippen LogP contribution in [0, 0.1) is 0 Å². The van der Waals surface area contributed by atoms with Gasteiger partial charge in [-0.05, 0) is 72.0 Å². The zero-order valence-electron chi connectivity index (χ0n) is 23.8. The fraction of sp³-hybridized carbons (Fsp3) is 0.355. The number of methoxy groups -OCH3 is 1. The van der Waals surface area contributed by atoms with Gasteiger partial charge in [0.05, 0.1) is 20.3 Å². The average molecular weight is 573 g/mol. The zero-order chi connectivity index (χ0) is 29.8. The highest BCUT2D eigenvalue weighted by Crippen LogP contribution is 2.33. The quantitative estimate of drug-likeness (QED) is 0.0813. The Morgan fingerprint density at radius 2 is 1.90 bits per heavy atom. The molecule has 0 unspecified atom stereocenters. The monoisotopic (exact) mass is 572 g/mol. The molecule has 220 valence electrons. The molecule has 11 heteroatoms. The summed E-state index contributed by atoms with van der Waals surface area (Å²) in [5.74, 6) is 1.45. The number of hydrazine groups is 1. The number of ether oxygens (including phenoxy) is 3. The summed E-state index contributed by atoms with van der Waals surface area (Å²) in [6.07, 6.45) is 0.857. The van der Waals surface area contributed by atoms with Gasteiger partial charge in [0.15, 0.2) is 5.54 Å². The van der Waals surface area contributed by atoms with E-state index in [0.717, 1.165) is 22.4 Å². The van der Waals surface area contributed by atoms with Crippen LogP contribution in [0.1, 0.15) is 35.6 Å². The van der Waals surface area contributed by atoms with Crippen molar-refractivity contribution in [1.82, 2.24) is 10.9 Å². The molecule has 0 aromatic heterocycles. The predicted octanol–water partition coefficient (Wildman–Crippen LogP) is 4.28. The normalized spacial score (nSPS) is 17.5. The van der Waals surface area contributed by atoms with E-state index in [1.807, 2.05) is 67.6 Å². The minimum atomic E-state index is -1.29. The second-order valence-corrected chi connectivity index (χ2v) is 9.87. The van der Waals surface area contributed by atoms with Gasteiger partial charge in [0.2, 0.25) is 5.90 Å². The molecule has 3 aromatic rings. The summed E-state index contributed by atoms with van der Waals surface area (Å²) in [5, 5.41) is 12.7. The molecule has 1 heterocycles. The summed E-state index contributed by atoms with van der Waals surface area (Å²) in [7, 11) is 1.63. The lowest BCUT2D eigenvalue weighted by Gasteiger charge is -2.29. The van der Waals surface area contributed by atoms with Crippen LogP contribution in [-0.4, -0.2) is 55.4 Å². The molecule has 0 bridgehead atoms. The SMILES string of the molecule is COc1cccc(CCNNC(=O)[C@@]2(Cc3ccccc3CN=[N+]=[N-])N=C(c3ccc(OCCCO)cc3)O[C@H]2C)c1. The molecule has 1 amide bonds. The van der Waals surface area contributed by atoms with Crippen LogP contribution in [0.3, 0.4) is 0 Å². The molecule has 1 aliphatic heterocycles. The molecular formula is C31H36N6O5. The van der Waals surface area contributed by atoms with E-state index in [4.69, 9.17) is 29.8 Å². The first-order valence-corrected chi connectivity index (χ1v) is 13.8. The molecule has 1 aliphatic rings. The summed E-state index contributed by atoms with van der Waals surface area (Å²) in [6.45, 7) is 2.95. The molecule has 2 atom stereocenters. The summed E-state index contributed by atoms with van der Waals surface area (Å²) in [6, 6.07) is 22.6. The number of nitrogens with one attached hydrogen (secondary N) is 2. The zero-order valence-corrected chi connectivity index (χ0v) is 23.8. The maximum absolute atomic E-state index is 13.9. The Labute approximate surface area is 245 Å². The van der Waals surface area contributed by atoms with Crippen molar-refractivity contribution < 1.29 is 24.1 Å². The number of benzene rings is 3. The third-order valence-corrected chi connectivity index (χ3v) is 7.09. The molecule has 0 aliphatic carbocycles. The van der Waals surface area contributed by atoms with Crippen molar-refractivity contribution in [2.24, 2.45) is 10.1 Å². The molecule has 0 fully saturated rings. The Hall–Kier alpha value is -4.57. The van der Waals surface area contributed by atoms with Gasteiger partial charge in [-0.2, -0.15) is 0 Å². The first-order valence-electron chi connectivity index (χ1n) is 13.8. The van der Waals surface area contributed by atoms with Gasteiger partial charge in [0, 0.05) is 36.5 Å². The van der Waals surface area contributed by atoms with E-state index < -0.39 is 11.6 Å². The topological polar surface area (TPSA) is 150 Å². The van der Waals surface area contributed by atoms with Crippen LogP contribution in [0.15, 0.2) is 82.9 Å². The van der Waals surface area contributed by atoms with E-state index in [0.29, 0.717) is 43.2 Å². The maximum Gasteiger partial charge on any atom is 0.266 e. The van der Waals surface area contributed by atoms with Crippen LogP contribution >= 0.6 is 0 Å². The molecule has 3 N–H and O–H groups in total. The molecule has 0 radical (unpaired) electrons. The average Bonchev–Trinajstić information content (AvgIpc) is 3.35. The highest BCUT2D eigenvalue weighted by molar-refractivity contribution is 6.00. The fourth-order valence-electron chi connectivity index (χ4n) is 4.71. The van der Waals surface area contributed by atoms with Crippen LogP contribution < -0.4 is 20.3 Å². The third-order valence-electron chi connectivity index (χ3n) is 7.09. The van der Waals surface area contributed by atoms with Gasteiger partial charge in [0.1, 0.15) is 17.6 Å². The Balaban J connectivity index is 1.56. The summed E-state index contributed by atoms with van der Waals surface area (Å²) in [4.78, 5) is 21.7. The molecular weight excluding hydrogens is 536 g/mol. The van der Waals surface area contributed by atoms with Crippen molar-refractivity contribution in [3.05, 3.63) is 105 Å². The summed E-state index contributed by atoms with van der Waals surface area (Å²) < 4.78 is 17.1. The predicted molar refractivity (Wildman–Crippen MR) is 159 cm³/mol. The first-order chi connectivity index (χ1) is 20.5. The third kappa shape index (κ3) is 7.58. The standard InChI is InChI=1S/C31H36N6O5/c1-22-31(20-25-8-3-4-9-26(25)21-34-37-32,30(39)36-33-16-15-23-7-5-10-28(19-23)40-2)35-29(42-22)24-11-13-27(14-12-24)41-18-6-17-38/h3-5,7-14,19,22,33,38H,6,15-18,20-21H2,1-2H3,(H,36,39)/t22-,31-/m0/s1. The van der Waals surface area contributed by atoms with E-state index in [1.165, 1.54) is 0 Å². The van der Waals surface area contributed by atoms with Gasteiger partial charge in [-0.15, -0.1) is 0 Å². The number of hydrogen-bond donors (Lipinski definition) is 3. The number of nitrogens with zero attached hydrogens (tertiary/aromatic N) is 4. The van der Waals surface area contributed by atoms with Crippen molar-refractivity contribution >= 4 is 11.8 Å².